The van der Waals surface area contributed by atoms with Crippen LogP contribution in [-0.2, 0) is 20.8 Å². The Balaban J connectivity index is 0.000000677. The van der Waals surface area contributed by atoms with E-state index in [0.717, 1.165) is 17.0 Å². The average Bonchev–Trinajstić information content (AvgIpc) is 2.50. The van der Waals surface area contributed by atoms with Crippen LogP contribution in [0.2, 0.25) is 0 Å². The van der Waals surface area contributed by atoms with Gasteiger partial charge in [-0.25, -0.2) is 0 Å². The molecule has 2 aromatic carbocycles. The van der Waals surface area contributed by atoms with Crippen molar-refractivity contribution in [2.75, 3.05) is 7.11 Å². The van der Waals surface area contributed by atoms with Crippen molar-refractivity contribution in [1.29, 1.82) is 0 Å². The van der Waals surface area contributed by atoms with Crippen LogP contribution in [-0.4, -0.2) is 18.4 Å². The molecular weight excluding hydrogens is 388 g/mol. The van der Waals surface area contributed by atoms with E-state index in [9.17, 15) is 5.11 Å². The number of phenols is 1. The third-order valence-corrected chi connectivity index (χ3v) is 2.69. The number of nitrogens with zero attached hydrogens (tertiary/aromatic N) is 1. The standard InChI is InChI=1S/C15H15NO2.2ClH.Zr/c1-11-4-3-5-12(15(11)17)10-16-13-6-8-14(18-2)9-7-13;;;/h3-10,17H,1-2H3;2*1H;/q;;;+2/p-2. The van der Waals surface area contributed by atoms with Crippen molar-refractivity contribution in [2.45, 2.75) is 6.92 Å². The second-order valence-electron chi connectivity index (χ2n) is 4.04. The zero-order valence-corrected chi connectivity index (χ0v) is 15.6. The number of hydrogen-bond donors (Lipinski definition) is 1. The van der Waals surface area contributed by atoms with E-state index < -0.39 is 20.8 Å². The van der Waals surface area contributed by atoms with Crippen molar-refractivity contribution >= 4 is 28.9 Å². The molecule has 0 aliphatic rings. The molecule has 21 heavy (non-hydrogen) atoms. The van der Waals surface area contributed by atoms with Crippen LogP contribution in [0.5, 0.6) is 11.5 Å². The number of hydrogen-bond acceptors (Lipinski definition) is 3. The fourth-order valence-electron chi connectivity index (χ4n) is 1.60. The van der Waals surface area contributed by atoms with Crippen molar-refractivity contribution < 1.29 is 30.7 Å². The second-order valence-corrected chi connectivity index (χ2v) is 7.77. The Hall–Kier alpha value is -0.827. The first-order valence-electron chi connectivity index (χ1n) is 6.05. The van der Waals surface area contributed by atoms with Crippen molar-refractivity contribution in [3.05, 3.63) is 53.6 Å². The van der Waals surface area contributed by atoms with Crippen LogP contribution in [0.3, 0.4) is 0 Å². The molecule has 0 atom stereocenters. The molecule has 0 fully saturated rings. The maximum atomic E-state index is 9.85. The molecule has 2 aromatic rings. The Morgan fingerprint density at radius 3 is 2.33 bits per heavy atom. The molecule has 0 aromatic heterocycles. The van der Waals surface area contributed by atoms with Gasteiger partial charge in [0.05, 0.1) is 12.8 Å². The Morgan fingerprint density at radius 1 is 1.14 bits per heavy atom. The normalized spacial score (nSPS) is 9.90. The number of phenolic OH excluding ortho intramolecular Hbond substituents is 1. The van der Waals surface area contributed by atoms with Gasteiger partial charge < -0.3 is 9.84 Å². The van der Waals surface area contributed by atoms with Gasteiger partial charge in [0.25, 0.3) is 0 Å². The molecule has 0 heterocycles. The van der Waals surface area contributed by atoms with Gasteiger partial charge in [-0.3, -0.25) is 4.99 Å². The molecule has 0 amide bonds. The predicted molar refractivity (Wildman–Crippen MR) is 84.8 cm³/mol. The fraction of sp³-hybridized carbons (Fsp3) is 0.133. The Morgan fingerprint density at radius 2 is 1.76 bits per heavy atom. The summed E-state index contributed by atoms with van der Waals surface area (Å²) in [4.78, 5) is 4.31. The molecule has 0 spiro atoms. The van der Waals surface area contributed by atoms with E-state index in [-0.39, 0.29) is 5.75 Å². The molecule has 0 radical (unpaired) electrons. The molecule has 6 heteroatoms. The third-order valence-electron chi connectivity index (χ3n) is 2.69. The molecule has 0 saturated heterocycles. The molecular formula is C15H15Cl2NO2Zr. The molecule has 2 rings (SSSR count). The zero-order chi connectivity index (χ0) is 15.7. The van der Waals surface area contributed by atoms with E-state index in [2.05, 4.69) is 4.99 Å². The van der Waals surface area contributed by atoms with Gasteiger partial charge in [0.15, 0.2) is 0 Å². The number of aromatic hydroxyl groups is 1. The first-order valence-corrected chi connectivity index (χ1v) is 12.4. The average molecular weight is 403 g/mol. The van der Waals surface area contributed by atoms with Gasteiger partial charge >= 0.3 is 37.9 Å². The first-order chi connectivity index (χ1) is 10.1. The summed E-state index contributed by atoms with van der Waals surface area (Å²) in [5, 5.41) is 9.85. The van der Waals surface area contributed by atoms with Crippen LogP contribution in [0.4, 0.5) is 5.69 Å². The summed E-state index contributed by atoms with van der Waals surface area (Å²) in [7, 11) is 11.5. The van der Waals surface area contributed by atoms with Gasteiger partial charge in [-0.15, -0.1) is 0 Å². The molecule has 3 nitrogen and oxygen atoms in total. The quantitative estimate of drug-likeness (QED) is 0.746. The first kappa shape index (κ1) is 18.2. The topological polar surface area (TPSA) is 41.8 Å². The summed E-state index contributed by atoms with van der Waals surface area (Å²) in [6.45, 7) is 1.86. The van der Waals surface area contributed by atoms with Gasteiger partial charge in [0, 0.05) is 11.8 Å². The van der Waals surface area contributed by atoms with Crippen LogP contribution in [0.25, 0.3) is 0 Å². The van der Waals surface area contributed by atoms with Crippen LogP contribution in [0, 0.1) is 6.92 Å². The summed E-state index contributed by atoms with van der Waals surface area (Å²) in [6.07, 6.45) is 1.66. The predicted octanol–water partition coefficient (Wildman–Crippen LogP) is 4.84. The van der Waals surface area contributed by atoms with E-state index in [0.29, 0.717) is 5.56 Å². The molecule has 1 N–H and O–H groups in total. The Bertz CT molecular complexity index is 589. The number of rotatable bonds is 3. The van der Waals surface area contributed by atoms with E-state index in [1.807, 2.05) is 49.4 Å². The summed E-state index contributed by atoms with van der Waals surface area (Å²) in [5.41, 5.74) is 2.37. The van der Waals surface area contributed by atoms with Crippen molar-refractivity contribution in [2.24, 2.45) is 4.99 Å². The molecule has 0 unspecified atom stereocenters. The number of para-hydroxylation sites is 1. The van der Waals surface area contributed by atoms with Crippen LogP contribution in [0.1, 0.15) is 11.1 Å². The number of methoxy groups -OCH3 is 1. The maximum absolute atomic E-state index is 9.85. The van der Waals surface area contributed by atoms with Crippen LogP contribution >= 0.6 is 17.0 Å². The van der Waals surface area contributed by atoms with E-state index in [1.54, 1.807) is 13.3 Å². The van der Waals surface area contributed by atoms with Crippen molar-refractivity contribution in [1.82, 2.24) is 0 Å². The van der Waals surface area contributed by atoms with Crippen LogP contribution in [0.15, 0.2) is 47.5 Å². The van der Waals surface area contributed by atoms with Gasteiger partial charge in [-0.1, -0.05) is 12.1 Å². The molecule has 0 aliphatic carbocycles. The van der Waals surface area contributed by atoms with E-state index >= 15 is 0 Å². The third kappa shape index (κ3) is 6.21. The number of aryl methyl sites for hydroxylation is 1. The van der Waals surface area contributed by atoms with Gasteiger partial charge in [-0.2, -0.15) is 0 Å². The second kappa shape index (κ2) is 9.99. The molecule has 0 bridgehead atoms. The van der Waals surface area contributed by atoms with E-state index in [4.69, 9.17) is 21.8 Å². The minimum atomic E-state index is -0.826. The fourth-order valence-corrected chi connectivity index (χ4v) is 1.60. The number of aliphatic imine (C=N–C) groups is 1. The summed E-state index contributed by atoms with van der Waals surface area (Å²) in [6, 6.07) is 13.0. The van der Waals surface area contributed by atoms with Crippen molar-refractivity contribution in [3.8, 4) is 11.5 Å². The molecule has 110 valence electrons. The monoisotopic (exact) mass is 401 g/mol. The molecule has 0 aliphatic heterocycles. The van der Waals surface area contributed by atoms with Gasteiger partial charge in [0.1, 0.15) is 11.5 Å². The van der Waals surface area contributed by atoms with Gasteiger partial charge in [-0.05, 0) is 42.8 Å². The number of halogens is 2. The summed E-state index contributed by atoms with van der Waals surface area (Å²) in [5.74, 6) is 1.07. The van der Waals surface area contributed by atoms with E-state index in [1.165, 1.54) is 0 Å². The zero-order valence-electron chi connectivity index (χ0n) is 11.7. The SMILES string of the molecule is COc1ccc(N=Cc2cccc(C)c2O)cc1.[Cl][Zr][Cl]. The number of benzene rings is 2. The Labute approximate surface area is 143 Å². The molecule has 0 saturated carbocycles. The number of ether oxygens (including phenoxy) is 1. The van der Waals surface area contributed by atoms with Crippen LogP contribution < -0.4 is 4.74 Å². The van der Waals surface area contributed by atoms with Crippen molar-refractivity contribution in [3.63, 3.8) is 0 Å². The summed E-state index contributed by atoms with van der Waals surface area (Å²) < 4.78 is 5.07. The van der Waals surface area contributed by atoms with Gasteiger partial charge in [0.2, 0.25) is 0 Å². The minimum absolute atomic E-state index is 0.273. The Kier molecular flexibility index (Phi) is 8.67. The summed E-state index contributed by atoms with van der Waals surface area (Å²) >= 11 is -0.826.